The highest BCUT2D eigenvalue weighted by molar-refractivity contribution is 6.38. The fourth-order valence-electron chi connectivity index (χ4n) is 4.54. The van der Waals surface area contributed by atoms with E-state index < -0.39 is 23.1 Å². The number of amides is 2. The van der Waals surface area contributed by atoms with Crippen LogP contribution in [0.2, 0.25) is 0 Å². The molecule has 0 saturated carbocycles. The van der Waals surface area contributed by atoms with Crippen LogP contribution in [-0.2, 0) is 28.8 Å². The maximum Gasteiger partial charge on any atom is 0.240 e. The van der Waals surface area contributed by atoms with Gasteiger partial charge in [0, 0.05) is 49.9 Å². The van der Waals surface area contributed by atoms with Gasteiger partial charge in [-0.3, -0.25) is 28.8 Å². The molecule has 2 N–H and O–H groups in total. The van der Waals surface area contributed by atoms with Crippen LogP contribution in [0.3, 0.4) is 0 Å². The molecule has 0 spiro atoms. The van der Waals surface area contributed by atoms with Gasteiger partial charge in [0.25, 0.3) is 0 Å². The smallest absolute Gasteiger partial charge is 0.240 e. The molecule has 0 fully saturated rings. The number of hydrogen-bond acceptors (Lipinski definition) is 8. The van der Waals surface area contributed by atoms with Gasteiger partial charge in [0.05, 0.1) is 0 Å². The molecule has 0 radical (unpaired) electrons. The minimum absolute atomic E-state index is 0.0274. The van der Waals surface area contributed by atoms with E-state index in [1.54, 1.807) is 0 Å². The Hall–Kier alpha value is -3.04. The van der Waals surface area contributed by atoms with Crippen molar-refractivity contribution in [1.29, 1.82) is 0 Å². The summed E-state index contributed by atoms with van der Waals surface area (Å²) in [4.78, 5) is 73.9. The zero-order valence-corrected chi connectivity index (χ0v) is 26.6. The standard InChI is InChI=1S/C32H52N4O6/c1-21(2)25-17-13-23(5)15-19-29(39)27(37)9-7-10-28(38)30(40)20-16-24(6)14-18-26(22(3)4)34-36-32(42)12-8-11-31(41)35-33-25/h21-24H,7-20H2,1-6H3,(H,35,41)(H,36,42)/t23-,24-/m1/s1. The van der Waals surface area contributed by atoms with Crippen molar-refractivity contribution in [2.24, 2.45) is 33.9 Å². The van der Waals surface area contributed by atoms with Gasteiger partial charge in [-0.15, -0.1) is 0 Å². The molecule has 10 nitrogen and oxygen atoms in total. The van der Waals surface area contributed by atoms with Crippen molar-refractivity contribution in [1.82, 2.24) is 10.9 Å². The number of rotatable bonds is 2. The number of carbonyl (C=O) groups excluding carboxylic acids is 6. The Morgan fingerprint density at radius 3 is 1.17 bits per heavy atom. The van der Waals surface area contributed by atoms with Gasteiger partial charge in [-0.1, -0.05) is 41.5 Å². The molecule has 1 aliphatic rings. The van der Waals surface area contributed by atoms with Crippen molar-refractivity contribution in [3.05, 3.63) is 0 Å². The molecule has 236 valence electrons. The Labute approximate surface area is 251 Å². The summed E-state index contributed by atoms with van der Waals surface area (Å²) in [6.07, 6.45) is 5.03. The Kier molecular flexibility index (Phi) is 17.6. The van der Waals surface area contributed by atoms with E-state index in [1.165, 1.54) is 0 Å². The molecule has 2 amide bonds. The molecule has 2 atom stereocenters. The topological polar surface area (TPSA) is 151 Å². The highest BCUT2D eigenvalue weighted by Crippen LogP contribution is 2.18. The van der Waals surface area contributed by atoms with Crippen LogP contribution in [0.4, 0.5) is 0 Å². The minimum atomic E-state index is -0.491. The molecule has 0 saturated heterocycles. The first-order chi connectivity index (χ1) is 19.8. The highest BCUT2D eigenvalue weighted by atomic mass is 16.2. The van der Waals surface area contributed by atoms with Crippen molar-refractivity contribution < 1.29 is 28.8 Å². The minimum Gasteiger partial charge on any atom is -0.291 e. The van der Waals surface area contributed by atoms with E-state index in [0.717, 1.165) is 24.3 Å². The summed E-state index contributed by atoms with van der Waals surface area (Å²) in [7, 11) is 0. The van der Waals surface area contributed by atoms with E-state index in [4.69, 9.17) is 0 Å². The molecule has 0 aromatic heterocycles. The van der Waals surface area contributed by atoms with Crippen molar-refractivity contribution in [3.63, 3.8) is 0 Å². The molecular formula is C32H52N4O6. The summed E-state index contributed by atoms with van der Waals surface area (Å²) >= 11 is 0. The zero-order chi connectivity index (χ0) is 31.7. The van der Waals surface area contributed by atoms with Gasteiger partial charge in [0.1, 0.15) is 0 Å². The van der Waals surface area contributed by atoms with Crippen LogP contribution >= 0.6 is 0 Å². The van der Waals surface area contributed by atoms with E-state index in [0.29, 0.717) is 32.1 Å². The van der Waals surface area contributed by atoms with Crippen LogP contribution in [0.5, 0.6) is 0 Å². The Morgan fingerprint density at radius 1 is 0.500 bits per heavy atom. The predicted octanol–water partition coefficient (Wildman–Crippen LogP) is 5.27. The van der Waals surface area contributed by atoms with Gasteiger partial charge >= 0.3 is 0 Å². The van der Waals surface area contributed by atoms with Crippen molar-refractivity contribution >= 4 is 46.4 Å². The average Bonchev–Trinajstić information content (AvgIpc) is 2.93. The summed E-state index contributed by atoms with van der Waals surface area (Å²) in [5.41, 5.74) is 6.89. The molecule has 10 heteroatoms. The van der Waals surface area contributed by atoms with E-state index >= 15 is 0 Å². The lowest BCUT2D eigenvalue weighted by Gasteiger charge is -2.15. The SMILES string of the molecule is CC(C)C1=NNC(=O)CCCC(=O)NN=C(C(C)C)CC[C@@H](C)CCC(=O)C(=O)CCCC(=O)C(=O)CC[C@H](C)CC1. The molecule has 42 heavy (non-hydrogen) atoms. The molecule has 1 heterocycles. The predicted molar refractivity (Wildman–Crippen MR) is 164 cm³/mol. The number of hydrogen-bond donors (Lipinski definition) is 2. The fourth-order valence-corrected chi connectivity index (χ4v) is 4.54. The Balaban J connectivity index is 2.89. The summed E-state index contributed by atoms with van der Waals surface area (Å²) < 4.78 is 0. The molecular weight excluding hydrogens is 536 g/mol. The number of hydrazone groups is 2. The Bertz CT molecular complexity index is 936. The first-order valence-electron chi connectivity index (χ1n) is 15.6. The van der Waals surface area contributed by atoms with E-state index in [9.17, 15) is 28.8 Å². The fraction of sp³-hybridized carbons (Fsp3) is 0.750. The molecule has 0 aromatic rings. The molecule has 1 rings (SSSR count). The molecule has 1 aliphatic heterocycles. The van der Waals surface area contributed by atoms with E-state index in [2.05, 4.69) is 21.1 Å². The van der Waals surface area contributed by atoms with Crippen LogP contribution < -0.4 is 10.9 Å². The molecule has 0 bridgehead atoms. The summed E-state index contributed by atoms with van der Waals surface area (Å²) in [6, 6.07) is 0. The quantitative estimate of drug-likeness (QED) is 0.420. The lowest BCUT2D eigenvalue weighted by Crippen LogP contribution is -2.24. The molecule has 0 unspecified atom stereocenters. The van der Waals surface area contributed by atoms with Gasteiger partial charge in [0.2, 0.25) is 11.8 Å². The monoisotopic (exact) mass is 588 g/mol. The lowest BCUT2D eigenvalue weighted by atomic mass is 9.92. The van der Waals surface area contributed by atoms with Gasteiger partial charge < -0.3 is 0 Å². The second-order valence-corrected chi connectivity index (χ2v) is 12.4. The van der Waals surface area contributed by atoms with Crippen LogP contribution in [-0.4, -0.2) is 46.4 Å². The maximum atomic E-state index is 12.3. The third kappa shape index (κ3) is 15.8. The normalized spacial score (nSPS) is 23.5. The van der Waals surface area contributed by atoms with Crippen molar-refractivity contribution in [3.8, 4) is 0 Å². The molecule has 0 aromatic carbocycles. The first-order valence-corrected chi connectivity index (χ1v) is 15.6. The second kappa shape index (κ2) is 20.0. The third-order valence-electron chi connectivity index (χ3n) is 7.73. The number of ketones is 4. The maximum absolute atomic E-state index is 12.3. The number of nitrogens with zero attached hydrogens (tertiary/aromatic N) is 2. The van der Waals surface area contributed by atoms with Crippen molar-refractivity contribution in [2.45, 2.75) is 131 Å². The summed E-state index contributed by atoms with van der Waals surface area (Å²) in [5, 5.41) is 8.63. The van der Waals surface area contributed by atoms with E-state index in [-0.39, 0.29) is 80.4 Å². The van der Waals surface area contributed by atoms with Gasteiger partial charge in [-0.05, 0) is 75.0 Å². The lowest BCUT2D eigenvalue weighted by molar-refractivity contribution is -0.138. The molecule has 0 aliphatic carbocycles. The van der Waals surface area contributed by atoms with Crippen LogP contribution in [0.15, 0.2) is 10.2 Å². The van der Waals surface area contributed by atoms with Crippen molar-refractivity contribution in [2.75, 3.05) is 0 Å². The van der Waals surface area contributed by atoms with Gasteiger partial charge in [-0.2, -0.15) is 10.2 Å². The van der Waals surface area contributed by atoms with Crippen LogP contribution in [0.25, 0.3) is 0 Å². The van der Waals surface area contributed by atoms with Gasteiger partial charge in [0.15, 0.2) is 23.1 Å². The Morgan fingerprint density at radius 2 is 0.810 bits per heavy atom. The van der Waals surface area contributed by atoms with Crippen LogP contribution in [0.1, 0.15) is 131 Å². The zero-order valence-electron chi connectivity index (χ0n) is 26.6. The third-order valence-corrected chi connectivity index (χ3v) is 7.73. The number of nitrogens with one attached hydrogen (secondary N) is 2. The first kappa shape index (κ1) is 37.0. The average molecular weight is 589 g/mol. The largest absolute Gasteiger partial charge is 0.291 e. The van der Waals surface area contributed by atoms with Gasteiger partial charge in [-0.25, -0.2) is 10.9 Å². The summed E-state index contributed by atoms with van der Waals surface area (Å²) in [5.74, 6) is -1.78. The second-order valence-electron chi connectivity index (χ2n) is 12.4. The number of carbonyl (C=O) groups is 6. The highest BCUT2D eigenvalue weighted by Gasteiger charge is 2.19. The number of Topliss-reactive ketones (excluding diaryl/α,β-unsaturated/α-hetero) is 4. The van der Waals surface area contributed by atoms with E-state index in [1.807, 2.05) is 41.5 Å². The summed E-state index contributed by atoms with van der Waals surface area (Å²) in [6.45, 7) is 12.0. The van der Waals surface area contributed by atoms with Crippen LogP contribution in [0, 0.1) is 23.7 Å².